The number of ether oxygens (including phenoxy) is 1. The van der Waals surface area contributed by atoms with E-state index in [2.05, 4.69) is 11.8 Å². The van der Waals surface area contributed by atoms with Crippen molar-refractivity contribution in [1.29, 1.82) is 0 Å². The van der Waals surface area contributed by atoms with Gasteiger partial charge in [0, 0.05) is 12.8 Å². The predicted octanol–water partition coefficient (Wildman–Crippen LogP) is 3.34. The van der Waals surface area contributed by atoms with Gasteiger partial charge in [-0.3, -0.25) is 0 Å². The summed E-state index contributed by atoms with van der Waals surface area (Å²) in [5.74, 6) is 3.54. The van der Waals surface area contributed by atoms with Gasteiger partial charge in [0.05, 0.1) is 11.1 Å². The molecule has 1 saturated carbocycles. The average molecular weight is 284 g/mol. The van der Waals surface area contributed by atoms with Gasteiger partial charge in [0.25, 0.3) is 0 Å². The molecule has 1 aromatic carbocycles. The number of carbonyl (C=O) groups is 1. The third-order valence-electron chi connectivity index (χ3n) is 2.90. The number of benzene rings is 1. The van der Waals surface area contributed by atoms with Crippen molar-refractivity contribution >= 4 is 5.97 Å². The molecule has 0 radical (unpaired) electrons. The number of hydrogen-bond acceptors (Lipinski definition) is 2. The molecular formula is C14H11F3O3. The van der Waals surface area contributed by atoms with Crippen LogP contribution in [0.5, 0.6) is 5.75 Å². The minimum atomic E-state index is -4.61. The number of carboxylic acids is 1. The number of carboxylic acid groups (broad SMARTS) is 1. The quantitative estimate of drug-likeness (QED) is 0.866. The second kappa shape index (κ2) is 4.75. The van der Waals surface area contributed by atoms with Gasteiger partial charge in [0.15, 0.2) is 5.60 Å². The average Bonchev–Trinajstić information content (AvgIpc) is 3.07. The highest BCUT2D eigenvalue weighted by Crippen LogP contribution is 2.44. The molecule has 6 heteroatoms. The largest absolute Gasteiger partial charge is 0.478 e. The summed E-state index contributed by atoms with van der Waals surface area (Å²) in [4.78, 5) is 10.9. The SMILES string of the molecule is CC#CC1(Oc2cc(C(=O)O)ccc2C(F)(F)F)CC1. The molecule has 1 aromatic rings. The zero-order valence-corrected chi connectivity index (χ0v) is 10.5. The molecule has 2 rings (SSSR count). The first-order valence-corrected chi connectivity index (χ1v) is 5.85. The number of hydrogen-bond donors (Lipinski definition) is 1. The van der Waals surface area contributed by atoms with Crippen LogP contribution < -0.4 is 4.74 Å². The maximum atomic E-state index is 12.9. The lowest BCUT2D eigenvalue weighted by molar-refractivity contribution is -0.139. The Kier molecular flexibility index (Phi) is 3.38. The summed E-state index contributed by atoms with van der Waals surface area (Å²) < 4.78 is 44.0. The normalized spacial score (nSPS) is 16.0. The molecule has 1 aliphatic rings. The van der Waals surface area contributed by atoms with E-state index in [9.17, 15) is 18.0 Å². The lowest BCUT2D eigenvalue weighted by Gasteiger charge is -2.18. The highest BCUT2D eigenvalue weighted by molar-refractivity contribution is 5.88. The van der Waals surface area contributed by atoms with Crippen LogP contribution in [0.1, 0.15) is 35.7 Å². The van der Waals surface area contributed by atoms with Crippen molar-refractivity contribution in [3.63, 3.8) is 0 Å². The van der Waals surface area contributed by atoms with Crippen molar-refractivity contribution in [3.05, 3.63) is 29.3 Å². The van der Waals surface area contributed by atoms with Crippen LogP contribution in [0.4, 0.5) is 13.2 Å². The van der Waals surface area contributed by atoms with Gasteiger partial charge in [-0.15, -0.1) is 5.92 Å². The molecule has 0 atom stereocenters. The van der Waals surface area contributed by atoms with Crippen molar-refractivity contribution in [3.8, 4) is 17.6 Å². The van der Waals surface area contributed by atoms with Crippen molar-refractivity contribution in [2.45, 2.75) is 31.5 Å². The zero-order chi connectivity index (χ0) is 15.0. The summed E-state index contributed by atoms with van der Waals surface area (Å²) in [6.07, 6.45) is -3.55. The van der Waals surface area contributed by atoms with Crippen molar-refractivity contribution in [2.24, 2.45) is 0 Å². The van der Waals surface area contributed by atoms with E-state index in [1.807, 2.05) is 0 Å². The number of halogens is 3. The smallest absolute Gasteiger partial charge is 0.419 e. The van der Waals surface area contributed by atoms with Gasteiger partial charge in [-0.05, 0) is 25.1 Å². The van der Waals surface area contributed by atoms with Gasteiger partial charge in [-0.2, -0.15) is 13.2 Å². The number of rotatable bonds is 3. The van der Waals surface area contributed by atoms with E-state index in [1.54, 1.807) is 6.92 Å². The van der Waals surface area contributed by atoms with Gasteiger partial charge in [0.2, 0.25) is 0 Å². The maximum absolute atomic E-state index is 12.9. The van der Waals surface area contributed by atoms with Gasteiger partial charge < -0.3 is 9.84 Å². The summed E-state index contributed by atoms with van der Waals surface area (Å²) in [7, 11) is 0. The molecule has 0 spiro atoms. The third kappa shape index (κ3) is 2.87. The zero-order valence-electron chi connectivity index (χ0n) is 10.5. The Morgan fingerprint density at radius 3 is 2.50 bits per heavy atom. The Hall–Kier alpha value is -2.16. The Balaban J connectivity index is 2.44. The van der Waals surface area contributed by atoms with E-state index in [4.69, 9.17) is 9.84 Å². The van der Waals surface area contributed by atoms with Crippen LogP contribution in [0.15, 0.2) is 18.2 Å². The van der Waals surface area contributed by atoms with Crippen LogP contribution in [0.25, 0.3) is 0 Å². The van der Waals surface area contributed by atoms with Crippen molar-refractivity contribution < 1.29 is 27.8 Å². The molecule has 3 nitrogen and oxygen atoms in total. The Morgan fingerprint density at radius 1 is 1.40 bits per heavy atom. The summed E-state index contributed by atoms with van der Waals surface area (Å²) in [5, 5.41) is 8.86. The van der Waals surface area contributed by atoms with Gasteiger partial charge in [-0.1, -0.05) is 5.92 Å². The molecule has 0 aliphatic heterocycles. The summed E-state index contributed by atoms with van der Waals surface area (Å²) >= 11 is 0. The topological polar surface area (TPSA) is 46.5 Å². The van der Waals surface area contributed by atoms with Gasteiger partial charge in [-0.25, -0.2) is 4.79 Å². The minimum absolute atomic E-state index is 0.256. The Morgan fingerprint density at radius 2 is 2.05 bits per heavy atom. The second-order valence-corrected chi connectivity index (χ2v) is 4.49. The van der Waals surface area contributed by atoms with Crippen LogP contribution in [0, 0.1) is 11.8 Å². The first kappa shape index (κ1) is 14.3. The molecule has 0 unspecified atom stereocenters. The molecule has 1 aliphatic carbocycles. The van der Waals surface area contributed by atoms with E-state index in [0.29, 0.717) is 18.9 Å². The molecule has 1 fully saturated rings. The first-order valence-electron chi connectivity index (χ1n) is 5.85. The van der Waals surface area contributed by atoms with Gasteiger partial charge in [0.1, 0.15) is 5.75 Å². The van der Waals surface area contributed by atoms with Crippen molar-refractivity contribution in [1.82, 2.24) is 0 Å². The fourth-order valence-corrected chi connectivity index (χ4v) is 1.78. The first-order chi connectivity index (χ1) is 9.27. The predicted molar refractivity (Wildman–Crippen MR) is 64.4 cm³/mol. The lowest BCUT2D eigenvalue weighted by atomic mass is 10.1. The molecule has 20 heavy (non-hydrogen) atoms. The van der Waals surface area contributed by atoms with E-state index in [-0.39, 0.29) is 5.56 Å². The van der Waals surface area contributed by atoms with Crippen LogP contribution in [-0.2, 0) is 6.18 Å². The van der Waals surface area contributed by atoms with Crippen molar-refractivity contribution in [2.75, 3.05) is 0 Å². The second-order valence-electron chi connectivity index (χ2n) is 4.49. The maximum Gasteiger partial charge on any atom is 0.419 e. The fraction of sp³-hybridized carbons (Fsp3) is 0.357. The van der Waals surface area contributed by atoms with E-state index >= 15 is 0 Å². The molecule has 0 aromatic heterocycles. The molecule has 106 valence electrons. The summed E-state index contributed by atoms with van der Waals surface area (Å²) in [6.45, 7) is 1.57. The number of alkyl halides is 3. The third-order valence-corrected chi connectivity index (χ3v) is 2.90. The highest BCUT2D eigenvalue weighted by atomic mass is 19.4. The van der Waals surface area contributed by atoms with Crippen LogP contribution in [0.3, 0.4) is 0 Å². The molecule has 1 N–H and O–H groups in total. The molecule has 0 amide bonds. The standard InChI is InChI=1S/C14H11F3O3/c1-2-5-13(6-7-13)20-11-8-9(12(18)19)3-4-10(11)14(15,16)17/h3-4,8H,6-7H2,1H3,(H,18,19). The molecule has 0 saturated heterocycles. The van der Waals surface area contributed by atoms with E-state index < -0.39 is 29.1 Å². The highest BCUT2D eigenvalue weighted by Gasteiger charge is 2.46. The van der Waals surface area contributed by atoms with Gasteiger partial charge >= 0.3 is 12.1 Å². The van der Waals surface area contributed by atoms with Crippen LogP contribution in [0.2, 0.25) is 0 Å². The Bertz CT molecular complexity index is 604. The summed E-state index contributed by atoms with van der Waals surface area (Å²) in [6, 6.07) is 2.51. The summed E-state index contributed by atoms with van der Waals surface area (Å²) in [5.41, 5.74) is -2.16. The fourth-order valence-electron chi connectivity index (χ4n) is 1.78. The van der Waals surface area contributed by atoms with E-state index in [0.717, 1.165) is 12.1 Å². The monoisotopic (exact) mass is 284 g/mol. The molecular weight excluding hydrogens is 273 g/mol. The Labute approximate surface area is 113 Å². The van der Waals surface area contributed by atoms with E-state index in [1.165, 1.54) is 0 Å². The minimum Gasteiger partial charge on any atom is -0.478 e. The lowest BCUT2D eigenvalue weighted by Crippen LogP contribution is -2.19. The number of aromatic carboxylic acids is 1. The van der Waals surface area contributed by atoms with Crippen LogP contribution >= 0.6 is 0 Å². The van der Waals surface area contributed by atoms with Crippen LogP contribution in [-0.4, -0.2) is 16.7 Å². The molecule has 0 heterocycles. The molecule has 0 bridgehead atoms.